The van der Waals surface area contributed by atoms with Crippen LogP contribution in [0.25, 0.3) is 0 Å². The predicted octanol–water partition coefficient (Wildman–Crippen LogP) is 2.13. The molecule has 0 bridgehead atoms. The number of hydrogen-bond donors (Lipinski definition) is 1. The van der Waals surface area contributed by atoms with E-state index in [-0.39, 0.29) is 18.4 Å². The smallest absolute Gasteiger partial charge is 0.330 e. The van der Waals surface area contributed by atoms with E-state index in [1.54, 1.807) is 0 Å². The van der Waals surface area contributed by atoms with Gasteiger partial charge in [-0.25, -0.2) is 4.79 Å². The summed E-state index contributed by atoms with van der Waals surface area (Å²) in [5.74, 6) is -0.476. The van der Waals surface area contributed by atoms with Gasteiger partial charge in [0, 0.05) is 11.8 Å². The zero-order chi connectivity index (χ0) is 12.5. The van der Waals surface area contributed by atoms with Crippen LogP contribution >= 0.6 is 12.2 Å². The maximum absolute atomic E-state index is 10.7. The number of carbonyl (C=O) groups excluding carboxylic acids is 1. The molecule has 0 aliphatic rings. The average molecular weight is 251 g/mol. The summed E-state index contributed by atoms with van der Waals surface area (Å²) < 4.78 is 9.87. The largest absolute Gasteiger partial charge is 0.467 e. The molecule has 0 saturated carbocycles. The van der Waals surface area contributed by atoms with Gasteiger partial charge in [-0.15, -0.1) is 0 Å². The first-order valence-corrected chi connectivity index (χ1v) is 5.41. The van der Waals surface area contributed by atoms with E-state index < -0.39 is 5.97 Å². The van der Waals surface area contributed by atoms with E-state index in [9.17, 15) is 4.79 Å². The van der Waals surface area contributed by atoms with Crippen molar-refractivity contribution < 1.29 is 14.3 Å². The third-order valence-corrected chi connectivity index (χ3v) is 1.97. The van der Waals surface area contributed by atoms with Gasteiger partial charge in [0.2, 0.25) is 0 Å². The molecule has 0 aliphatic carbocycles. The minimum atomic E-state index is -0.476. The highest BCUT2D eigenvalue weighted by Gasteiger charge is 1.99. The number of rotatable bonds is 5. The van der Waals surface area contributed by atoms with Crippen LogP contribution in [0.3, 0.4) is 0 Å². The van der Waals surface area contributed by atoms with Gasteiger partial charge in [-0.1, -0.05) is 24.8 Å². The molecule has 0 atom stereocenters. The van der Waals surface area contributed by atoms with Crippen LogP contribution < -0.4 is 5.32 Å². The summed E-state index contributed by atoms with van der Waals surface area (Å²) in [7, 11) is 0. The van der Waals surface area contributed by atoms with E-state index in [0.29, 0.717) is 0 Å². The summed E-state index contributed by atoms with van der Waals surface area (Å²) in [6.07, 6.45) is 1.10. The molecule has 0 amide bonds. The van der Waals surface area contributed by atoms with Crippen LogP contribution in [0.4, 0.5) is 5.69 Å². The fourth-order valence-corrected chi connectivity index (χ4v) is 1.21. The molecule has 0 fully saturated rings. The van der Waals surface area contributed by atoms with Crippen molar-refractivity contribution in [2.24, 2.45) is 0 Å². The summed E-state index contributed by atoms with van der Waals surface area (Å²) >= 11 is 4.95. The number of carbonyl (C=O) groups is 1. The number of thiocarbonyl (C=S) groups is 1. The molecule has 1 rings (SSSR count). The van der Waals surface area contributed by atoms with E-state index >= 15 is 0 Å². The molecule has 90 valence electrons. The molecule has 1 aromatic carbocycles. The van der Waals surface area contributed by atoms with Crippen molar-refractivity contribution in [2.75, 3.05) is 18.5 Å². The predicted molar refractivity (Wildman–Crippen MR) is 69.8 cm³/mol. The van der Waals surface area contributed by atoms with Crippen LogP contribution in [0.1, 0.15) is 0 Å². The van der Waals surface area contributed by atoms with Crippen LogP contribution in [0.5, 0.6) is 0 Å². The molecule has 17 heavy (non-hydrogen) atoms. The lowest BCUT2D eigenvalue weighted by Gasteiger charge is -2.09. The number of anilines is 1. The molecule has 5 heteroatoms. The van der Waals surface area contributed by atoms with E-state index in [4.69, 9.17) is 21.7 Å². The summed E-state index contributed by atoms with van der Waals surface area (Å²) in [6.45, 7) is 3.62. The highest BCUT2D eigenvalue weighted by atomic mass is 32.1. The van der Waals surface area contributed by atoms with Gasteiger partial charge in [-0.3, -0.25) is 0 Å². The Bertz CT molecular complexity index is 392. The Morgan fingerprint density at radius 1 is 1.29 bits per heavy atom. The molecule has 1 N–H and O–H groups in total. The quantitative estimate of drug-likeness (QED) is 0.376. The van der Waals surface area contributed by atoms with Crippen LogP contribution in [0.2, 0.25) is 0 Å². The average Bonchev–Trinajstić information content (AvgIpc) is 2.35. The minimum absolute atomic E-state index is 0.140. The van der Waals surface area contributed by atoms with Crippen molar-refractivity contribution in [1.29, 1.82) is 0 Å². The topological polar surface area (TPSA) is 47.6 Å². The second-order valence-electron chi connectivity index (χ2n) is 3.00. The van der Waals surface area contributed by atoms with Gasteiger partial charge in [-0.05, 0) is 24.4 Å². The number of hydrogen-bond acceptors (Lipinski definition) is 4. The van der Waals surface area contributed by atoms with Crippen LogP contribution in [0.15, 0.2) is 43.0 Å². The van der Waals surface area contributed by atoms with Crippen molar-refractivity contribution in [1.82, 2.24) is 0 Å². The Hall–Kier alpha value is -1.88. The first-order valence-electron chi connectivity index (χ1n) is 5.00. The monoisotopic (exact) mass is 251 g/mol. The maximum atomic E-state index is 10.7. The summed E-state index contributed by atoms with van der Waals surface area (Å²) in [4.78, 5) is 10.7. The summed E-state index contributed by atoms with van der Waals surface area (Å²) in [6, 6.07) is 9.41. The highest BCUT2D eigenvalue weighted by molar-refractivity contribution is 7.80. The van der Waals surface area contributed by atoms with E-state index in [2.05, 4.69) is 11.9 Å². The second-order valence-corrected chi connectivity index (χ2v) is 3.37. The molecule has 0 spiro atoms. The molecule has 0 aromatic heterocycles. The van der Waals surface area contributed by atoms with Crippen molar-refractivity contribution in [3.63, 3.8) is 0 Å². The fourth-order valence-electron chi connectivity index (χ4n) is 1.01. The van der Waals surface area contributed by atoms with Gasteiger partial charge in [-0.2, -0.15) is 0 Å². The van der Waals surface area contributed by atoms with Crippen molar-refractivity contribution in [3.8, 4) is 0 Å². The van der Waals surface area contributed by atoms with Gasteiger partial charge < -0.3 is 14.8 Å². The molecular formula is C12H13NO3S. The Labute approximate surface area is 105 Å². The van der Waals surface area contributed by atoms with Gasteiger partial charge in [0.05, 0.1) is 0 Å². The normalized spacial score (nSPS) is 9.18. The number of para-hydroxylation sites is 1. The van der Waals surface area contributed by atoms with Gasteiger partial charge in [0.15, 0.2) is 0 Å². The number of esters is 1. The van der Waals surface area contributed by atoms with Crippen molar-refractivity contribution >= 4 is 29.0 Å². The van der Waals surface area contributed by atoms with Crippen LogP contribution in [0, 0.1) is 0 Å². The molecule has 0 radical (unpaired) electrons. The maximum Gasteiger partial charge on any atom is 0.330 e. The zero-order valence-electron chi connectivity index (χ0n) is 9.22. The molecule has 0 unspecified atom stereocenters. The van der Waals surface area contributed by atoms with Crippen LogP contribution in [-0.4, -0.2) is 24.4 Å². The summed E-state index contributed by atoms with van der Waals surface area (Å²) in [5.41, 5.74) is 0.848. The zero-order valence-corrected chi connectivity index (χ0v) is 10.0. The number of ether oxygens (including phenoxy) is 2. The minimum Gasteiger partial charge on any atom is -0.467 e. The summed E-state index contributed by atoms with van der Waals surface area (Å²) in [5, 5.41) is 3.13. The second kappa shape index (κ2) is 7.40. The van der Waals surface area contributed by atoms with Gasteiger partial charge in [0.1, 0.15) is 13.2 Å². The fraction of sp³-hybridized carbons (Fsp3) is 0.167. The standard InChI is InChI=1S/C12H13NO3S/c1-2-11(14)15-8-9-16-12(17)13-10-6-4-3-5-7-10/h2-7H,1,8-9H2,(H,13,17). The third kappa shape index (κ3) is 5.67. The lowest BCUT2D eigenvalue weighted by molar-refractivity contribution is -0.138. The molecule has 4 nitrogen and oxygen atoms in total. The molecule has 0 aliphatic heterocycles. The Balaban J connectivity index is 2.18. The number of nitrogens with one attached hydrogen (secondary N) is 1. The highest BCUT2D eigenvalue weighted by Crippen LogP contribution is 2.05. The van der Waals surface area contributed by atoms with Crippen LogP contribution in [-0.2, 0) is 14.3 Å². The lowest BCUT2D eigenvalue weighted by atomic mass is 10.3. The van der Waals surface area contributed by atoms with Gasteiger partial charge >= 0.3 is 5.97 Å². The van der Waals surface area contributed by atoms with E-state index in [1.165, 1.54) is 0 Å². The van der Waals surface area contributed by atoms with E-state index in [0.717, 1.165) is 11.8 Å². The third-order valence-electron chi connectivity index (χ3n) is 1.75. The molecular weight excluding hydrogens is 238 g/mol. The Kier molecular flexibility index (Phi) is 5.74. The van der Waals surface area contributed by atoms with Crippen molar-refractivity contribution in [3.05, 3.63) is 43.0 Å². The number of benzene rings is 1. The Morgan fingerprint density at radius 3 is 2.59 bits per heavy atom. The molecule has 1 aromatic rings. The van der Waals surface area contributed by atoms with Gasteiger partial charge in [0.25, 0.3) is 5.17 Å². The van der Waals surface area contributed by atoms with Crippen molar-refractivity contribution in [2.45, 2.75) is 0 Å². The van der Waals surface area contributed by atoms with E-state index in [1.807, 2.05) is 30.3 Å². The molecule has 0 heterocycles. The first kappa shape index (κ1) is 13.2. The first-order chi connectivity index (χ1) is 8.22. The SMILES string of the molecule is C=CC(=O)OCCOC(=S)Nc1ccccc1. The molecule has 0 saturated heterocycles. The lowest BCUT2D eigenvalue weighted by Crippen LogP contribution is -2.17. The Morgan fingerprint density at radius 2 is 1.94 bits per heavy atom.